The molecule has 0 unspecified atom stereocenters. The van der Waals surface area contributed by atoms with Crippen molar-refractivity contribution < 1.29 is 22.7 Å². The van der Waals surface area contributed by atoms with Gasteiger partial charge in [0.1, 0.15) is 5.75 Å². The van der Waals surface area contributed by atoms with Crippen molar-refractivity contribution in [3.05, 3.63) is 48.5 Å². The Labute approximate surface area is 201 Å². The zero-order chi connectivity index (χ0) is 24.1. The molecule has 2 aromatic rings. The van der Waals surface area contributed by atoms with E-state index in [-0.39, 0.29) is 16.8 Å². The highest BCUT2D eigenvalue weighted by atomic mass is 32.2. The van der Waals surface area contributed by atoms with Crippen molar-refractivity contribution >= 4 is 27.3 Å². The smallest absolute Gasteiger partial charge is 0.243 e. The van der Waals surface area contributed by atoms with Crippen LogP contribution in [0.1, 0.15) is 6.92 Å². The van der Waals surface area contributed by atoms with Crippen LogP contribution in [0.3, 0.4) is 0 Å². The molecule has 1 atom stereocenters. The van der Waals surface area contributed by atoms with E-state index in [4.69, 9.17) is 9.47 Å². The molecule has 2 heterocycles. The van der Waals surface area contributed by atoms with Gasteiger partial charge in [0.05, 0.1) is 36.9 Å². The number of morpholine rings is 1. The van der Waals surface area contributed by atoms with E-state index >= 15 is 0 Å². The first kappa shape index (κ1) is 24.5. The Morgan fingerprint density at radius 1 is 0.971 bits per heavy atom. The molecule has 0 aliphatic carbocycles. The van der Waals surface area contributed by atoms with Crippen LogP contribution in [0, 0.1) is 0 Å². The van der Waals surface area contributed by atoms with Crippen LogP contribution in [-0.4, -0.2) is 89.2 Å². The fourth-order valence-corrected chi connectivity index (χ4v) is 5.71. The third-order valence-corrected chi connectivity index (χ3v) is 8.31. The highest BCUT2D eigenvalue weighted by Crippen LogP contribution is 2.28. The third kappa shape index (κ3) is 5.35. The number of rotatable bonds is 7. The summed E-state index contributed by atoms with van der Waals surface area (Å²) in [6.07, 6.45) is 0. The molecular formula is C24H32N4O5S. The van der Waals surface area contributed by atoms with Crippen LogP contribution in [-0.2, 0) is 19.6 Å². The molecule has 1 amide bonds. The van der Waals surface area contributed by atoms with Crippen LogP contribution in [0.5, 0.6) is 5.75 Å². The van der Waals surface area contributed by atoms with Crippen molar-refractivity contribution in [3.63, 3.8) is 0 Å². The van der Waals surface area contributed by atoms with E-state index in [1.54, 1.807) is 19.2 Å². The van der Waals surface area contributed by atoms with Crippen LogP contribution in [0.25, 0.3) is 0 Å². The lowest BCUT2D eigenvalue weighted by Crippen LogP contribution is -2.52. The summed E-state index contributed by atoms with van der Waals surface area (Å²) in [5.41, 5.74) is 1.64. The number of para-hydroxylation sites is 2. The second-order valence-electron chi connectivity index (χ2n) is 8.40. The number of hydrogen-bond acceptors (Lipinski definition) is 7. The molecule has 0 radical (unpaired) electrons. The highest BCUT2D eigenvalue weighted by Gasteiger charge is 2.28. The van der Waals surface area contributed by atoms with E-state index in [0.717, 1.165) is 37.6 Å². The van der Waals surface area contributed by atoms with Crippen molar-refractivity contribution in [1.29, 1.82) is 0 Å². The van der Waals surface area contributed by atoms with Gasteiger partial charge in [0.2, 0.25) is 15.9 Å². The molecule has 184 valence electrons. The van der Waals surface area contributed by atoms with Crippen molar-refractivity contribution in [2.24, 2.45) is 0 Å². The van der Waals surface area contributed by atoms with Gasteiger partial charge in [0.15, 0.2) is 0 Å². The zero-order valence-corrected chi connectivity index (χ0v) is 20.5. The molecule has 2 aromatic carbocycles. The fourth-order valence-electron chi connectivity index (χ4n) is 4.30. The second kappa shape index (κ2) is 10.7. The Morgan fingerprint density at radius 2 is 1.62 bits per heavy atom. The highest BCUT2D eigenvalue weighted by molar-refractivity contribution is 7.89. The maximum Gasteiger partial charge on any atom is 0.243 e. The van der Waals surface area contributed by atoms with Crippen LogP contribution < -0.4 is 15.0 Å². The van der Waals surface area contributed by atoms with Crippen molar-refractivity contribution in [3.8, 4) is 5.75 Å². The minimum Gasteiger partial charge on any atom is -0.495 e. The number of sulfonamides is 1. The topological polar surface area (TPSA) is 91.4 Å². The first-order valence-corrected chi connectivity index (χ1v) is 12.9. The van der Waals surface area contributed by atoms with Gasteiger partial charge in [-0.05, 0) is 43.3 Å². The van der Waals surface area contributed by atoms with Gasteiger partial charge in [-0.1, -0.05) is 12.1 Å². The molecule has 1 N–H and O–H groups in total. The van der Waals surface area contributed by atoms with E-state index in [1.807, 2.05) is 31.2 Å². The Kier molecular flexibility index (Phi) is 7.72. The molecule has 2 fully saturated rings. The van der Waals surface area contributed by atoms with Gasteiger partial charge in [-0.2, -0.15) is 4.31 Å². The lowest BCUT2D eigenvalue weighted by Gasteiger charge is -2.38. The predicted molar refractivity (Wildman–Crippen MR) is 131 cm³/mol. The molecule has 2 aliphatic rings. The Morgan fingerprint density at radius 3 is 2.26 bits per heavy atom. The number of hydrogen-bond donors (Lipinski definition) is 1. The fraction of sp³-hybridized carbons (Fsp3) is 0.458. The van der Waals surface area contributed by atoms with Gasteiger partial charge < -0.3 is 19.7 Å². The van der Waals surface area contributed by atoms with Gasteiger partial charge in [-0.3, -0.25) is 9.69 Å². The molecule has 9 nitrogen and oxygen atoms in total. The van der Waals surface area contributed by atoms with Crippen molar-refractivity contribution in [2.75, 3.05) is 69.8 Å². The SMILES string of the molecule is COc1ccccc1N1CCN([C@H](C)C(=O)Nc2ccc(S(=O)(=O)N3CCOCC3)cc2)CC1. The third-order valence-electron chi connectivity index (χ3n) is 6.40. The minimum absolute atomic E-state index is 0.116. The van der Waals surface area contributed by atoms with Gasteiger partial charge in [-0.25, -0.2) is 8.42 Å². The molecule has 2 saturated heterocycles. The van der Waals surface area contributed by atoms with Gasteiger partial charge in [-0.15, -0.1) is 0 Å². The summed E-state index contributed by atoms with van der Waals surface area (Å²) in [7, 11) is -1.88. The van der Waals surface area contributed by atoms with E-state index in [0.29, 0.717) is 32.0 Å². The number of nitrogens with zero attached hydrogens (tertiary/aromatic N) is 3. The average Bonchev–Trinajstić information content (AvgIpc) is 2.89. The zero-order valence-electron chi connectivity index (χ0n) is 19.6. The Hall–Kier alpha value is -2.66. The molecule has 0 aromatic heterocycles. The molecule has 0 saturated carbocycles. The Balaban J connectivity index is 1.32. The Bertz CT molecular complexity index is 1080. The number of anilines is 2. The molecule has 0 bridgehead atoms. The number of carbonyl (C=O) groups excluding carboxylic acids is 1. The first-order valence-electron chi connectivity index (χ1n) is 11.5. The normalized spacial score (nSPS) is 18.9. The van der Waals surface area contributed by atoms with Crippen LogP contribution in [0.15, 0.2) is 53.4 Å². The van der Waals surface area contributed by atoms with Crippen molar-refractivity contribution in [2.45, 2.75) is 17.9 Å². The number of ether oxygens (including phenoxy) is 2. The number of nitrogens with one attached hydrogen (secondary N) is 1. The summed E-state index contributed by atoms with van der Waals surface area (Å²) in [6.45, 7) is 6.50. The van der Waals surface area contributed by atoms with Crippen LogP contribution in [0.4, 0.5) is 11.4 Å². The van der Waals surface area contributed by atoms with E-state index in [1.165, 1.54) is 16.4 Å². The average molecular weight is 489 g/mol. The quantitative estimate of drug-likeness (QED) is 0.636. The summed E-state index contributed by atoms with van der Waals surface area (Å²) in [5.74, 6) is 0.732. The lowest BCUT2D eigenvalue weighted by molar-refractivity contribution is -0.120. The van der Waals surface area contributed by atoms with Crippen molar-refractivity contribution in [1.82, 2.24) is 9.21 Å². The predicted octanol–water partition coefficient (Wildman–Crippen LogP) is 1.87. The van der Waals surface area contributed by atoms with Gasteiger partial charge in [0, 0.05) is 45.0 Å². The van der Waals surface area contributed by atoms with E-state index in [9.17, 15) is 13.2 Å². The van der Waals surface area contributed by atoms with Gasteiger partial charge >= 0.3 is 0 Å². The molecule has 34 heavy (non-hydrogen) atoms. The number of amides is 1. The monoisotopic (exact) mass is 488 g/mol. The minimum atomic E-state index is -3.56. The number of carbonyl (C=O) groups is 1. The number of piperazine rings is 1. The molecular weight excluding hydrogens is 456 g/mol. The maximum atomic E-state index is 12.9. The number of benzene rings is 2. The van der Waals surface area contributed by atoms with E-state index in [2.05, 4.69) is 15.1 Å². The summed E-state index contributed by atoms with van der Waals surface area (Å²) in [5, 5.41) is 2.92. The molecule has 4 rings (SSSR count). The first-order chi connectivity index (χ1) is 16.4. The van der Waals surface area contributed by atoms with E-state index < -0.39 is 10.0 Å². The summed E-state index contributed by atoms with van der Waals surface area (Å²) in [6, 6.07) is 14.0. The molecule has 0 spiro atoms. The lowest BCUT2D eigenvalue weighted by atomic mass is 10.2. The summed E-state index contributed by atoms with van der Waals surface area (Å²) in [4.78, 5) is 17.5. The van der Waals surface area contributed by atoms with Crippen LogP contribution >= 0.6 is 0 Å². The standard InChI is InChI=1S/C24H32N4O5S/c1-19(26-11-13-27(14-12-26)22-5-3-4-6-23(22)32-2)24(29)25-20-7-9-21(10-8-20)34(30,31)28-15-17-33-18-16-28/h3-10,19H,11-18H2,1-2H3,(H,25,29)/t19-/m1/s1. The molecule has 10 heteroatoms. The summed E-state index contributed by atoms with van der Waals surface area (Å²) >= 11 is 0. The van der Waals surface area contributed by atoms with Crippen LogP contribution in [0.2, 0.25) is 0 Å². The second-order valence-corrected chi connectivity index (χ2v) is 10.3. The van der Waals surface area contributed by atoms with Gasteiger partial charge in [0.25, 0.3) is 0 Å². The maximum absolute atomic E-state index is 12.9. The largest absolute Gasteiger partial charge is 0.495 e. The summed E-state index contributed by atoms with van der Waals surface area (Å²) < 4.78 is 37.7. The molecule has 2 aliphatic heterocycles. The number of methoxy groups -OCH3 is 1.